The first kappa shape index (κ1) is 8.85. The van der Waals surface area contributed by atoms with Gasteiger partial charge in [0.1, 0.15) is 0 Å². The highest BCUT2D eigenvalue weighted by atomic mass is 35.5. The molecule has 0 aromatic heterocycles. The zero-order valence-electron chi connectivity index (χ0n) is 7.39. The van der Waals surface area contributed by atoms with Crippen molar-refractivity contribution in [1.29, 1.82) is 0 Å². The van der Waals surface area contributed by atoms with E-state index in [1.54, 1.807) is 0 Å². The Bertz CT molecular complexity index is 336. The predicted octanol–water partition coefficient (Wildman–Crippen LogP) is 2.26. The van der Waals surface area contributed by atoms with E-state index in [9.17, 15) is 0 Å². The summed E-state index contributed by atoms with van der Waals surface area (Å²) in [6, 6.07) is 3.97. The average molecular weight is 197 g/mol. The quantitative estimate of drug-likeness (QED) is 0.626. The monoisotopic (exact) mass is 196 g/mol. The van der Waals surface area contributed by atoms with Crippen molar-refractivity contribution < 1.29 is 0 Å². The molecule has 1 aliphatic carbocycles. The van der Waals surface area contributed by atoms with E-state index in [2.05, 4.69) is 0 Å². The van der Waals surface area contributed by atoms with E-state index in [4.69, 9.17) is 23.1 Å². The Morgan fingerprint density at radius 1 is 1.38 bits per heavy atom. The molecule has 1 aliphatic rings. The number of hydrogen-bond donors (Lipinski definition) is 2. The lowest BCUT2D eigenvalue weighted by molar-refractivity contribution is 0.571. The number of nitrogens with two attached hydrogens (primary N) is 2. The Morgan fingerprint density at radius 3 is 2.92 bits per heavy atom. The van der Waals surface area contributed by atoms with Crippen molar-refractivity contribution in [3.05, 3.63) is 28.3 Å². The summed E-state index contributed by atoms with van der Waals surface area (Å²) in [5.41, 5.74) is 14.7. The third kappa shape index (κ3) is 1.40. The van der Waals surface area contributed by atoms with Gasteiger partial charge in [0.2, 0.25) is 0 Å². The number of rotatable bonds is 0. The Labute approximate surface area is 82.9 Å². The molecule has 0 aliphatic heterocycles. The zero-order valence-corrected chi connectivity index (χ0v) is 8.14. The maximum Gasteiger partial charge on any atom is 0.0685 e. The summed E-state index contributed by atoms with van der Waals surface area (Å²) in [5.74, 6) is 0. The third-order valence-electron chi connectivity index (χ3n) is 2.63. The fraction of sp³-hybridized carbons (Fsp3) is 0.400. The highest BCUT2D eigenvalue weighted by molar-refractivity contribution is 6.34. The summed E-state index contributed by atoms with van der Waals surface area (Å²) < 4.78 is 0. The van der Waals surface area contributed by atoms with Gasteiger partial charge in [-0.1, -0.05) is 17.7 Å². The highest BCUT2D eigenvalue weighted by Gasteiger charge is 2.20. The van der Waals surface area contributed by atoms with Crippen LogP contribution in [0.15, 0.2) is 12.1 Å². The number of nitrogen functional groups attached to an aromatic ring is 1. The van der Waals surface area contributed by atoms with E-state index in [1.807, 2.05) is 12.1 Å². The summed E-state index contributed by atoms with van der Waals surface area (Å²) in [6.45, 7) is 0. The van der Waals surface area contributed by atoms with Gasteiger partial charge < -0.3 is 11.5 Å². The van der Waals surface area contributed by atoms with Gasteiger partial charge in [0.15, 0.2) is 0 Å². The fourth-order valence-corrected chi connectivity index (χ4v) is 2.25. The normalized spacial score (nSPS) is 21.2. The first-order valence-corrected chi connectivity index (χ1v) is 4.90. The van der Waals surface area contributed by atoms with Gasteiger partial charge in [-0.25, -0.2) is 0 Å². The molecule has 0 saturated carbocycles. The molecule has 0 heterocycles. The van der Waals surface area contributed by atoms with Crippen molar-refractivity contribution in [1.82, 2.24) is 0 Å². The van der Waals surface area contributed by atoms with Crippen LogP contribution in [0.2, 0.25) is 5.02 Å². The highest BCUT2D eigenvalue weighted by Crippen LogP contribution is 2.36. The number of anilines is 1. The van der Waals surface area contributed by atoms with Crippen LogP contribution in [0.5, 0.6) is 0 Å². The second-order valence-electron chi connectivity index (χ2n) is 3.54. The van der Waals surface area contributed by atoms with Gasteiger partial charge >= 0.3 is 0 Å². The molecule has 4 N–H and O–H groups in total. The smallest absolute Gasteiger partial charge is 0.0685 e. The van der Waals surface area contributed by atoms with Crippen molar-refractivity contribution in [3.63, 3.8) is 0 Å². The van der Waals surface area contributed by atoms with Gasteiger partial charge in [-0.15, -0.1) is 0 Å². The van der Waals surface area contributed by atoms with Crippen LogP contribution in [0.4, 0.5) is 5.69 Å². The van der Waals surface area contributed by atoms with Crippen LogP contribution in [0.3, 0.4) is 0 Å². The van der Waals surface area contributed by atoms with Crippen molar-refractivity contribution >= 4 is 17.3 Å². The Kier molecular flexibility index (Phi) is 2.18. The van der Waals surface area contributed by atoms with E-state index in [0.29, 0.717) is 10.7 Å². The van der Waals surface area contributed by atoms with Gasteiger partial charge in [-0.05, 0) is 36.5 Å². The van der Waals surface area contributed by atoms with E-state index in [-0.39, 0.29) is 6.04 Å². The number of halogens is 1. The summed E-state index contributed by atoms with van der Waals surface area (Å²) in [7, 11) is 0. The molecule has 0 amide bonds. The lowest BCUT2D eigenvalue weighted by atomic mass is 9.88. The lowest BCUT2D eigenvalue weighted by Crippen LogP contribution is -2.18. The van der Waals surface area contributed by atoms with Gasteiger partial charge in [-0.3, -0.25) is 0 Å². The van der Waals surface area contributed by atoms with Gasteiger partial charge in [0.25, 0.3) is 0 Å². The molecule has 70 valence electrons. The molecule has 1 unspecified atom stereocenters. The summed E-state index contributed by atoms with van der Waals surface area (Å²) in [4.78, 5) is 0. The molecule has 2 nitrogen and oxygen atoms in total. The second kappa shape index (κ2) is 3.20. The molecule has 0 radical (unpaired) electrons. The van der Waals surface area contributed by atoms with Crippen molar-refractivity contribution in [2.24, 2.45) is 5.73 Å². The second-order valence-corrected chi connectivity index (χ2v) is 3.92. The Morgan fingerprint density at radius 2 is 2.15 bits per heavy atom. The minimum Gasteiger partial charge on any atom is -0.398 e. The van der Waals surface area contributed by atoms with Crippen LogP contribution in [0, 0.1) is 0 Å². The van der Waals surface area contributed by atoms with Crippen LogP contribution < -0.4 is 11.5 Å². The molecule has 0 fully saturated rings. The maximum absolute atomic E-state index is 6.10. The molecule has 3 heteroatoms. The summed E-state index contributed by atoms with van der Waals surface area (Å²) >= 11 is 6.10. The van der Waals surface area contributed by atoms with Gasteiger partial charge in [-0.2, -0.15) is 0 Å². The predicted molar refractivity (Wildman–Crippen MR) is 55.7 cm³/mol. The van der Waals surface area contributed by atoms with E-state index in [1.165, 1.54) is 5.56 Å². The average Bonchev–Trinajstić information content (AvgIpc) is 2.12. The maximum atomic E-state index is 6.10. The number of benzene rings is 1. The molecular formula is C10H13ClN2. The molecule has 0 bridgehead atoms. The van der Waals surface area contributed by atoms with Gasteiger partial charge in [0, 0.05) is 6.04 Å². The van der Waals surface area contributed by atoms with Crippen LogP contribution in [-0.4, -0.2) is 0 Å². The SMILES string of the molecule is Nc1ccc2c(c1Cl)C(N)CCC2. The summed E-state index contributed by atoms with van der Waals surface area (Å²) in [6.07, 6.45) is 3.23. The fourth-order valence-electron chi connectivity index (χ4n) is 1.93. The van der Waals surface area contributed by atoms with Crippen LogP contribution in [-0.2, 0) is 6.42 Å². The number of aryl methyl sites for hydroxylation is 1. The van der Waals surface area contributed by atoms with Crippen molar-refractivity contribution in [3.8, 4) is 0 Å². The molecular weight excluding hydrogens is 184 g/mol. The topological polar surface area (TPSA) is 52.0 Å². The molecule has 2 rings (SSSR count). The molecule has 13 heavy (non-hydrogen) atoms. The number of hydrogen-bond acceptors (Lipinski definition) is 2. The zero-order chi connectivity index (χ0) is 9.42. The molecule has 0 spiro atoms. The van der Waals surface area contributed by atoms with E-state index in [0.717, 1.165) is 24.8 Å². The molecule has 1 atom stereocenters. The Hall–Kier alpha value is -0.730. The number of fused-ring (bicyclic) bond motifs is 1. The van der Waals surface area contributed by atoms with Crippen LogP contribution in [0.1, 0.15) is 30.0 Å². The largest absolute Gasteiger partial charge is 0.398 e. The van der Waals surface area contributed by atoms with Crippen molar-refractivity contribution in [2.45, 2.75) is 25.3 Å². The van der Waals surface area contributed by atoms with E-state index < -0.39 is 0 Å². The standard InChI is InChI=1S/C10H13ClN2/c11-10-8(13)5-4-6-2-1-3-7(12)9(6)10/h4-5,7H,1-3,12-13H2. The molecule has 1 aromatic rings. The minimum atomic E-state index is 0.0692. The van der Waals surface area contributed by atoms with Gasteiger partial charge in [0.05, 0.1) is 10.7 Å². The van der Waals surface area contributed by atoms with Crippen LogP contribution in [0.25, 0.3) is 0 Å². The lowest BCUT2D eigenvalue weighted by Gasteiger charge is -2.23. The van der Waals surface area contributed by atoms with E-state index >= 15 is 0 Å². The van der Waals surface area contributed by atoms with Crippen molar-refractivity contribution in [2.75, 3.05) is 5.73 Å². The first-order valence-electron chi connectivity index (χ1n) is 4.52. The Balaban J connectivity index is 2.58. The third-order valence-corrected chi connectivity index (χ3v) is 3.05. The first-order chi connectivity index (χ1) is 6.20. The van der Waals surface area contributed by atoms with Crippen LogP contribution >= 0.6 is 11.6 Å². The minimum absolute atomic E-state index is 0.0692. The molecule has 0 saturated heterocycles. The molecule has 1 aromatic carbocycles. The summed E-state index contributed by atoms with van der Waals surface area (Å²) in [5, 5.41) is 0.657.